The molecule has 0 aliphatic carbocycles. The van der Waals surface area contributed by atoms with Crippen molar-refractivity contribution in [1.82, 2.24) is 10.2 Å². The van der Waals surface area contributed by atoms with Crippen molar-refractivity contribution in [2.75, 3.05) is 32.7 Å². The first-order valence-electron chi connectivity index (χ1n) is 6.38. The molecule has 2 nitrogen and oxygen atoms in total. The van der Waals surface area contributed by atoms with Gasteiger partial charge in [0.05, 0.1) is 6.54 Å². The number of halogens is 2. The predicted octanol–water partition coefficient (Wildman–Crippen LogP) is 2.30. The number of nitrogens with one attached hydrogen (secondary N) is 1. The van der Waals surface area contributed by atoms with E-state index in [1.165, 1.54) is 0 Å². The third-order valence-electron chi connectivity index (χ3n) is 3.41. The van der Waals surface area contributed by atoms with Crippen molar-refractivity contribution < 1.29 is 8.78 Å². The van der Waals surface area contributed by atoms with Crippen LogP contribution in [-0.2, 0) is 5.92 Å². The summed E-state index contributed by atoms with van der Waals surface area (Å²) in [7, 11) is 0. The molecule has 0 amide bonds. The summed E-state index contributed by atoms with van der Waals surface area (Å²) >= 11 is 0. The molecular weight excluding hydrogens is 234 g/mol. The van der Waals surface area contributed by atoms with Crippen LogP contribution in [0.4, 0.5) is 8.78 Å². The minimum atomic E-state index is -2.77. The van der Waals surface area contributed by atoms with Crippen LogP contribution in [0, 0.1) is 13.8 Å². The quantitative estimate of drug-likeness (QED) is 0.890. The van der Waals surface area contributed by atoms with E-state index < -0.39 is 5.92 Å². The van der Waals surface area contributed by atoms with Crippen molar-refractivity contribution in [3.8, 4) is 0 Å². The summed E-state index contributed by atoms with van der Waals surface area (Å²) in [6.45, 7) is 6.48. The molecule has 1 aromatic carbocycles. The second-order valence-electron chi connectivity index (χ2n) is 5.05. The maximum Gasteiger partial charge on any atom is 0.285 e. The fraction of sp³-hybridized carbons (Fsp3) is 0.571. The lowest BCUT2D eigenvalue weighted by molar-refractivity contribution is -0.0405. The Morgan fingerprint density at radius 2 is 1.89 bits per heavy atom. The molecule has 1 heterocycles. The Morgan fingerprint density at radius 3 is 2.50 bits per heavy atom. The molecule has 1 aliphatic rings. The largest absolute Gasteiger partial charge is 0.314 e. The Bertz CT molecular complexity index is 412. The second kappa shape index (κ2) is 5.33. The number of benzene rings is 1. The molecule has 1 fully saturated rings. The van der Waals surface area contributed by atoms with E-state index in [1.807, 2.05) is 17.9 Å². The van der Waals surface area contributed by atoms with Crippen molar-refractivity contribution in [2.24, 2.45) is 0 Å². The van der Waals surface area contributed by atoms with Gasteiger partial charge in [0, 0.05) is 31.7 Å². The van der Waals surface area contributed by atoms with E-state index in [0.29, 0.717) is 18.7 Å². The number of alkyl halides is 2. The van der Waals surface area contributed by atoms with Gasteiger partial charge in [-0.25, -0.2) is 0 Å². The van der Waals surface area contributed by atoms with Gasteiger partial charge in [-0.05, 0) is 19.4 Å². The minimum Gasteiger partial charge on any atom is -0.314 e. The molecule has 0 radical (unpaired) electrons. The SMILES string of the molecule is Cc1ccc(C(F)(F)CN2CCNCC2)c(C)c1. The van der Waals surface area contributed by atoms with Gasteiger partial charge in [0.1, 0.15) is 0 Å². The Balaban J connectivity index is 2.13. The lowest BCUT2D eigenvalue weighted by atomic mass is 10.00. The Kier molecular flexibility index (Phi) is 3.97. The molecule has 100 valence electrons. The van der Waals surface area contributed by atoms with E-state index in [0.717, 1.165) is 18.7 Å². The first-order valence-corrected chi connectivity index (χ1v) is 6.38. The van der Waals surface area contributed by atoms with Crippen molar-refractivity contribution >= 4 is 0 Å². The van der Waals surface area contributed by atoms with Crippen molar-refractivity contribution in [3.63, 3.8) is 0 Å². The molecule has 18 heavy (non-hydrogen) atoms. The van der Waals surface area contributed by atoms with Gasteiger partial charge in [-0.15, -0.1) is 0 Å². The van der Waals surface area contributed by atoms with Crippen molar-refractivity contribution in [3.05, 3.63) is 34.9 Å². The van der Waals surface area contributed by atoms with E-state index in [-0.39, 0.29) is 12.1 Å². The normalized spacial score (nSPS) is 18.0. The van der Waals surface area contributed by atoms with Crippen molar-refractivity contribution in [2.45, 2.75) is 19.8 Å². The Morgan fingerprint density at radius 1 is 1.22 bits per heavy atom. The Hall–Kier alpha value is -1.00. The zero-order valence-electron chi connectivity index (χ0n) is 11.0. The third-order valence-corrected chi connectivity index (χ3v) is 3.41. The molecule has 1 N–H and O–H groups in total. The minimum absolute atomic E-state index is 0.159. The molecular formula is C14H20F2N2. The van der Waals surface area contributed by atoms with Gasteiger partial charge in [0.2, 0.25) is 0 Å². The summed E-state index contributed by atoms with van der Waals surface area (Å²) in [5.74, 6) is -2.77. The average molecular weight is 254 g/mol. The van der Waals surface area contributed by atoms with Crippen LogP contribution in [-0.4, -0.2) is 37.6 Å². The molecule has 0 atom stereocenters. The van der Waals surface area contributed by atoms with Gasteiger partial charge in [0.15, 0.2) is 0 Å². The van der Waals surface area contributed by atoms with Crippen LogP contribution in [0.25, 0.3) is 0 Å². The number of hydrogen-bond donors (Lipinski definition) is 1. The number of piperazine rings is 1. The Labute approximate surface area is 107 Å². The molecule has 1 saturated heterocycles. The lowest BCUT2D eigenvalue weighted by Crippen LogP contribution is -2.47. The third kappa shape index (κ3) is 3.06. The monoisotopic (exact) mass is 254 g/mol. The molecule has 0 spiro atoms. The zero-order valence-corrected chi connectivity index (χ0v) is 11.0. The molecule has 0 bridgehead atoms. The topological polar surface area (TPSA) is 15.3 Å². The van der Waals surface area contributed by atoms with Crippen molar-refractivity contribution in [1.29, 1.82) is 0 Å². The summed E-state index contributed by atoms with van der Waals surface area (Å²) < 4.78 is 28.5. The molecule has 0 unspecified atom stereocenters. The predicted molar refractivity (Wildman–Crippen MR) is 69.1 cm³/mol. The molecule has 0 aromatic heterocycles. The van der Waals surface area contributed by atoms with Crippen LogP contribution < -0.4 is 5.32 Å². The van der Waals surface area contributed by atoms with Gasteiger partial charge in [-0.3, -0.25) is 4.90 Å². The van der Waals surface area contributed by atoms with Gasteiger partial charge in [-0.2, -0.15) is 8.78 Å². The maximum absolute atomic E-state index is 14.3. The number of hydrogen-bond acceptors (Lipinski definition) is 2. The number of aryl methyl sites for hydroxylation is 2. The maximum atomic E-state index is 14.3. The first-order chi connectivity index (χ1) is 8.49. The zero-order chi connectivity index (χ0) is 13.2. The van der Waals surface area contributed by atoms with Gasteiger partial charge >= 0.3 is 0 Å². The van der Waals surface area contributed by atoms with Crippen LogP contribution >= 0.6 is 0 Å². The summed E-state index contributed by atoms with van der Waals surface area (Å²) in [4.78, 5) is 1.83. The number of nitrogens with zero attached hydrogens (tertiary/aromatic N) is 1. The van der Waals surface area contributed by atoms with E-state index >= 15 is 0 Å². The average Bonchev–Trinajstić information content (AvgIpc) is 2.29. The summed E-state index contributed by atoms with van der Waals surface area (Å²) in [6, 6.07) is 5.14. The standard InChI is InChI=1S/C14H20F2N2/c1-11-3-4-13(12(2)9-11)14(15,16)10-18-7-5-17-6-8-18/h3-4,9,17H,5-8,10H2,1-2H3. The summed E-state index contributed by atoms with van der Waals surface area (Å²) in [5, 5.41) is 3.17. The van der Waals surface area contributed by atoms with Gasteiger partial charge in [-0.1, -0.05) is 23.8 Å². The van der Waals surface area contributed by atoms with E-state index in [1.54, 1.807) is 19.1 Å². The van der Waals surface area contributed by atoms with Gasteiger partial charge in [0.25, 0.3) is 5.92 Å². The fourth-order valence-corrected chi connectivity index (χ4v) is 2.46. The van der Waals surface area contributed by atoms with Gasteiger partial charge < -0.3 is 5.32 Å². The van der Waals surface area contributed by atoms with Crippen LogP contribution in [0.5, 0.6) is 0 Å². The summed E-state index contributed by atoms with van der Waals surface area (Å²) in [5.41, 5.74) is 1.86. The van der Waals surface area contributed by atoms with E-state index in [4.69, 9.17) is 0 Å². The molecule has 2 rings (SSSR count). The highest BCUT2D eigenvalue weighted by Crippen LogP contribution is 2.31. The van der Waals surface area contributed by atoms with Crippen LogP contribution in [0.15, 0.2) is 18.2 Å². The highest BCUT2D eigenvalue weighted by atomic mass is 19.3. The highest BCUT2D eigenvalue weighted by molar-refractivity contribution is 5.33. The molecule has 1 aliphatic heterocycles. The molecule has 1 aromatic rings. The number of rotatable bonds is 3. The first kappa shape index (κ1) is 13.4. The highest BCUT2D eigenvalue weighted by Gasteiger charge is 2.35. The van der Waals surface area contributed by atoms with Crippen LogP contribution in [0.1, 0.15) is 16.7 Å². The van der Waals surface area contributed by atoms with Crippen LogP contribution in [0.2, 0.25) is 0 Å². The van der Waals surface area contributed by atoms with E-state index in [9.17, 15) is 8.78 Å². The summed E-state index contributed by atoms with van der Waals surface area (Å²) in [6.07, 6.45) is 0. The smallest absolute Gasteiger partial charge is 0.285 e. The lowest BCUT2D eigenvalue weighted by Gasteiger charge is -2.31. The van der Waals surface area contributed by atoms with Crippen LogP contribution in [0.3, 0.4) is 0 Å². The molecule has 0 saturated carbocycles. The second-order valence-corrected chi connectivity index (χ2v) is 5.05. The van der Waals surface area contributed by atoms with E-state index in [2.05, 4.69) is 5.32 Å². The molecule has 4 heteroatoms. The fourth-order valence-electron chi connectivity index (χ4n) is 2.46.